The molecule has 1 aromatic heterocycles. The van der Waals surface area contributed by atoms with Crippen LogP contribution in [0.5, 0.6) is 0 Å². The van der Waals surface area contributed by atoms with Crippen molar-refractivity contribution in [3.05, 3.63) is 53.7 Å². The van der Waals surface area contributed by atoms with E-state index in [9.17, 15) is 22.8 Å². The van der Waals surface area contributed by atoms with Crippen molar-refractivity contribution < 1.29 is 22.8 Å². The molecule has 32 heavy (non-hydrogen) atoms. The highest BCUT2D eigenvalue weighted by atomic mass is 19.4. The highest BCUT2D eigenvalue weighted by Gasteiger charge is 2.31. The molecule has 0 unspecified atom stereocenters. The van der Waals surface area contributed by atoms with Crippen molar-refractivity contribution in [2.75, 3.05) is 49.5 Å². The van der Waals surface area contributed by atoms with E-state index in [2.05, 4.69) is 15.6 Å². The van der Waals surface area contributed by atoms with Gasteiger partial charge in [-0.2, -0.15) is 13.2 Å². The lowest BCUT2D eigenvalue weighted by Gasteiger charge is -2.22. The van der Waals surface area contributed by atoms with Crippen molar-refractivity contribution in [3.63, 3.8) is 0 Å². The van der Waals surface area contributed by atoms with E-state index in [0.717, 1.165) is 18.7 Å². The molecule has 1 aliphatic rings. The molecule has 1 aromatic carbocycles. The first kappa shape index (κ1) is 23.5. The van der Waals surface area contributed by atoms with E-state index >= 15 is 0 Å². The van der Waals surface area contributed by atoms with Gasteiger partial charge in [-0.3, -0.25) is 14.5 Å². The molecule has 2 aromatic rings. The average Bonchev–Trinajstić information content (AvgIpc) is 2.99. The first-order chi connectivity index (χ1) is 15.3. The van der Waals surface area contributed by atoms with Crippen molar-refractivity contribution in [2.24, 2.45) is 0 Å². The number of carbonyl (C=O) groups excluding carboxylic acids is 2. The molecule has 0 bridgehead atoms. The van der Waals surface area contributed by atoms with Crippen LogP contribution >= 0.6 is 0 Å². The number of benzene rings is 1. The molecule has 10 heteroatoms. The van der Waals surface area contributed by atoms with Gasteiger partial charge in [0.05, 0.1) is 12.1 Å². The molecule has 1 saturated heterocycles. The normalized spacial score (nSPS) is 15.2. The predicted octanol–water partition coefficient (Wildman–Crippen LogP) is 3.00. The van der Waals surface area contributed by atoms with Crippen LogP contribution in [0.2, 0.25) is 0 Å². The van der Waals surface area contributed by atoms with E-state index in [1.54, 1.807) is 24.3 Å². The summed E-state index contributed by atoms with van der Waals surface area (Å²) in [5.74, 6) is 0.0960. The van der Waals surface area contributed by atoms with Gasteiger partial charge in [0, 0.05) is 50.2 Å². The number of halogens is 3. The Morgan fingerprint density at radius 2 is 1.91 bits per heavy atom. The topological polar surface area (TPSA) is 77.6 Å². The van der Waals surface area contributed by atoms with Gasteiger partial charge >= 0.3 is 6.18 Å². The van der Waals surface area contributed by atoms with Crippen molar-refractivity contribution in [1.82, 2.24) is 15.2 Å². The van der Waals surface area contributed by atoms with Gasteiger partial charge in [0.2, 0.25) is 5.91 Å². The molecule has 0 saturated carbocycles. The molecule has 7 nitrogen and oxygen atoms in total. The first-order valence-electron chi connectivity index (χ1n) is 10.4. The number of hydrogen-bond donors (Lipinski definition) is 2. The molecule has 0 aliphatic carbocycles. The third-order valence-electron chi connectivity index (χ3n) is 5.10. The molecular weight excluding hydrogens is 423 g/mol. The smallest absolute Gasteiger partial charge is 0.355 e. The van der Waals surface area contributed by atoms with Crippen LogP contribution in [0.15, 0.2) is 42.6 Å². The Balaban J connectivity index is 1.53. The maximum absolute atomic E-state index is 12.7. The fourth-order valence-corrected chi connectivity index (χ4v) is 3.50. The van der Waals surface area contributed by atoms with Gasteiger partial charge < -0.3 is 15.5 Å². The number of nitrogens with one attached hydrogen (secondary N) is 2. The van der Waals surface area contributed by atoms with Crippen LogP contribution in [0.25, 0.3) is 0 Å². The summed E-state index contributed by atoms with van der Waals surface area (Å²) in [6.07, 6.45) is -2.81. The van der Waals surface area contributed by atoms with Crippen molar-refractivity contribution in [1.29, 1.82) is 0 Å². The number of anilines is 2. The molecule has 2 N–H and O–H groups in total. The number of alkyl halides is 3. The molecular formula is C22H26F3N5O2. The number of pyridine rings is 1. The van der Waals surface area contributed by atoms with Crippen LogP contribution < -0.4 is 15.5 Å². The van der Waals surface area contributed by atoms with Gasteiger partial charge in [-0.25, -0.2) is 4.98 Å². The van der Waals surface area contributed by atoms with Crippen molar-refractivity contribution >= 4 is 23.3 Å². The average molecular weight is 449 g/mol. The Labute approximate surface area is 184 Å². The van der Waals surface area contributed by atoms with Gasteiger partial charge in [0.15, 0.2) is 0 Å². The Kier molecular flexibility index (Phi) is 7.68. The number of hydrogen-bond acceptors (Lipinski definition) is 5. The van der Waals surface area contributed by atoms with Crippen LogP contribution in [-0.4, -0.2) is 61.0 Å². The van der Waals surface area contributed by atoms with Crippen molar-refractivity contribution in [2.45, 2.75) is 19.5 Å². The Hall–Kier alpha value is -3.14. The third kappa shape index (κ3) is 6.43. The van der Waals surface area contributed by atoms with E-state index in [4.69, 9.17) is 0 Å². The number of nitrogens with zero attached hydrogens (tertiary/aromatic N) is 3. The Morgan fingerprint density at radius 3 is 2.59 bits per heavy atom. The maximum Gasteiger partial charge on any atom is 0.417 e. The van der Waals surface area contributed by atoms with Crippen LogP contribution in [0.4, 0.5) is 24.7 Å². The quantitative estimate of drug-likeness (QED) is 0.709. The SMILES string of the molecule is CCNC(=O)c1cccc(NC(=O)CN2CCCN(c3ccc(C(F)(F)F)cn3)CC2)c1. The molecule has 3 rings (SSSR count). The lowest BCUT2D eigenvalue weighted by Crippen LogP contribution is -2.36. The van der Waals surface area contributed by atoms with Crippen LogP contribution in [0.1, 0.15) is 29.3 Å². The fourth-order valence-electron chi connectivity index (χ4n) is 3.50. The Bertz CT molecular complexity index is 934. The standard InChI is InChI=1S/C22H26F3N5O2/c1-2-26-21(32)16-5-3-6-18(13-16)28-20(31)15-29-9-4-10-30(12-11-29)19-8-7-17(14-27-19)22(23,24)25/h3,5-8,13-14H,2,4,9-12,15H2,1H3,(H,26,32)(H,28,31). The summed E-state index contributed by atoms with van der Waals surface area (Å²) >= 11 is 0. The molecule has 2 heterocycles. The second-order valence-electron chi connectivity index (χ2n) is 7.51. The Morgan fingerprint density at radius 1 is 1.09 bits per heavy atom. The molecule has 1 aliphatic heterocycles. The summed E-state index contributed by atoms with van der Waals surface area (Å²) in [5.41, 5.74) is 0.244. The summed E-state index contributed by atoms with van der Waals surface area (Å²) < 4.78 is 38.2. The minimum Gasteiger partial charge on any atom is -0.355 e. The molecule has 0 atom stereocenters. The largest absolute Gasteiger partial charge is 0.417 e. The lowest BCUT2D eigenvalue weighted by molar-refractivity contribution is -0.137. The van der Waals surface area contributed by atoms with Gasteiger partial charge in [-0.05, 0) is 43.7 Å². The van der Waals surface area contributed by atoms with Crippen molar-refractivity contribution in [3.8, 4) is 0 Å². The highest BCUT2D eigenvalue weighted by Crippen LogP contribution is 2.29. The van der Waals surface area contributed by atoms with E-state index in [1.807, 2.05) is 16.7 Å². The molecule has 0 radical (unpaired) electrons. The monoisotopic (exact) mass is 449 g/mol. The highest BCUT2D eigenvalue weighted by molar-refractivity contribution is 5.97. The van der Waals surface area contributed by atoms with Gasteiger partial charge in [0.25, 0.3) is 5.91 Å². The summed E-state index contributed by atoms with van der Waals surface area (Å²) in [7, 11) is 0. The summed E-state index contributed by atoms with van der Waals surface area (Å²) in [5, 5.41) is 5.53. The molecule has 2 amide bonds. The third-order valence-corrected chi connectivity index (χ3v) is 5.10. The predicted molar refractivity (Wildman–Crippen MR) is 116 cm³/mol. The van der Waals surface area contributed by atoms with E-state index < -0.39 is 11.7 Å². The molecule has 172 valence electrons. The second kappa shape index (κ2) is 10.4. The number of aromatic nitrogens is 1. The zero-order valence-electron chi connectivity index (χ0n) is 17.8. The van der Waals surface area contributed by atoms with Crippen LogP contribution in [-0.2, 0) is 11.0 Å². The molecule has 0 spiro atoms. The van der Waals surface area contributed by atoms with Crippen LogP contribution in [0, 0.1) is 0 Å². The minimum absolute atomic E-state index is 0.180. The van der Waals surface area contributed by atoms with Gasteiger partial charge in [-0.15, -0.1) is 0 Å². The molecule has 1 fully saturated rings. The van der Waals surface area contributed by atoms with E-state index in [1.165, 1.54) is 6.07 Å². The number of amides is 2. The maximum atomic E-state index is 12.7. The fraction of sp³-hybridized carbons (Fsp3) is 0.409. The van der Waals surface area contributed by atoms with Gasteiger partial charge in [0.1, 0.15) is 5.82 Å². The summed E-state index contributed by atoms with van der Waals surface area (Å²) in [6.45, 7) is 4.99. The first-order valence-corrected chi connectivity index (χ1v) is 10.4. The summed E-state index contributed by atoms with van der Waals surface area (Å²) in [4.78, 5) is 32.3. The van der Waals surface area contributed by atoms with Crippen LogP contribution in [0.3, 0.4) is 0 Å². The van der Waals surface area contributed by atoms with E-state index in [0.29, 0.717) is 49.8 Å². The lowest BCUT2D eigenvalue weighted by atomic mass is 10.2. The van der Waals surface area contributed by atoms with Gasteiger partial charge in [-0.1, -0.05) is 6.07 Å². The van der Waals surface area contributed by atoms with E-state index in [-0.39, 0.29) is 18.4 Å². The zero-order valence-corrected chi connectivity index (χ0v) is 17.8. The number of carbonyl (C=O) groups is 2. The minimum atomic E-state index is -4.41. The summed E-state index contributed by atoms with van der Waals surface area (Å²) in [6, 6.07) is 9.16. The zero-order chi connectivity index (χ0) is 23.1. The second-order valence-corrected chi connectivity index (χ2v) is 7.51. The number of rotatable bonds is 6.